The van der Waals surface area contributed by atoms with Crippen LogP contribution >= 0.6 is 45.3 Å². The van der Waals surface area contributed by atoms with Crippen LogP contribution in [0.3, 0.4) is 0 Å². The van der Waals surface area contributed by atoms with E-state index in [9.17, 15) is 0 Å². The van der Waals surface area contributed by atoms with Crippen LogP contribution in [-0.2, 0) is 0 Å². The lowest BCUT2D eigenvalue weighted by Gasteiger charge is -2.12. The smallest absolute Gasteiger partial charge is 0.161 e. The van der Waals surface area contributed by atoms with E-state index in [1.165, 1.54) is 80.7 Å². The molecule has 12 heterocycles. The van der Waals surface area contributed by atoms with E-state index in [1.54, 1.807) is 6.20 Å². The second-order valence-corrected chi connectivity index (χ2v) is 40.0. The molecule has 0 amide bonds. The van der Waals surface area contributed by atoms with Crippen LogP contribution in [0, 0.1) is 0 Å². The van der Waals surface area contributed by atoms with Gasteiger partial charge in [-0.25, -0.2) is 39.9 Å². The number of hydrogen-bond acceptors (Lipinski definition) is 16. The molecule has 12 aromatic heterocycles. The topological polar surface area (TPSA) is 155 Å². The molecule has 0 spiro atoms. The Labute approximate surface area is 869 Å². The zero-order chi connectivity index (χ0) is 98.4. The molecular weight excluding hydrogens is 1880 g/mol. The van der Waals surface area contributed by atoms with Crippen molar-refractivity contribution in [2.24, 2.45) is 0 Å². The number of rotatable bonds is 16. The van der Waals surface area contributed by atoms with Gasteiger partial charge in [0.2, 0.25) is 0 Å². The van der Waals surface area contributed by atoms with Crippen molar-refractivity contribution in [3.8, 4) is 180 Å². The summed E-state index contributed by atoms with van der Waals surface area (Å²) in [6.07, 6.45) is 10.9. The summed E-state index contributed by atoms with van der Waals surface area (Å²) in [5.41, 5.74) is 28.1. The van der Waals surface area contributed by atoms with Crippen LogP contribution in [0.4, 0.5) is 0 Å². The number of fused-ring (bicyclic) bond motifs is 12. The van der Waals surface area contributed by atoms with Gasteiger partial charge in [0.05, 0.1) is 56.9 Å². The SMILES string of the molecule is c1ccc(-c2cc(-c3ccc4sc5ccccc5c4c3)nc(-c3ccc(-c4ccccn4)cc3)n2)cc1.c1ccc(-c2cc(-c3ccc4sc5ccccc5c4c3)nc(-c3ccc(-c4cccnc4)cc3)n2)cc1.c1ccc(-c2cc(-c3ccc4sc5ccccc5c4c3)nc(-c3ccccc3-c3ccccn3)n2)cc1.c1ccc(-c2cc(-c3ccc4sc5ccccc5c4c3)nc(-c3ccccc3-c3ccncc3)n2)cc1. The minimum atomic E-state index is 0.688. The average Bonchev–Trinajstić information content (AvgIpc) is 1.67. The highest BCUT2D eigenvalue weighted by Crippen LogP contribution is 2.45. The Morgan fingerprint density at radius 2 is 0.399 bits per heavy atom. The first-order valence-electron chi connectivity index (χ1n) is 48.8. The molecule has 0 saturated heterocycles. The zero-order valence-corrected chi connectivity index (χ0v) is 82.8. The monoisotopic (exact) mass is 1960 g/mol. The number of pyridine rings is 4. The van der Waals surface area contributed by atoms with Crippen molar-refractivity contribution in [2.45, 2.75) is 0 Å². The van der Waals surface area contributed by atoms with Crippen molar-refractivity contribution in [1.82, 2.24) is 59.8 Å². The number of thiophene rings is 4. The molecule has 148 heavy (non-hydrogen) atoms. The van der Waals surface area contributed by atoms with Crippen LogP contribution in [0.2, 0.25) is 0 Å². The van der Waals surface area contributed by atoms with E-state index in [4.69, 9.17) is 39.9 Å². The Hall–Kier alpha value is -18.7. The molecule has 16 aromatic carbocycles. The fraction of sp³-hybridized carbons (Fsp3) is 0. The van der Waals surface area contributed by atoms with Gasteiger partial charge in [-0.3, -0.25) is 19.9 Å². The van der Waals surface area contributed by atoms with Crippen molar-refractivity contribution < 1.29 is 0 Å². The summed E-state index contributed by atoms with van der Waals surface area (Å²) in [5, 5.41) is 10.2. The van der Waals surface area contributed by atoms with E-state index in [2.05, 4.69) is 348 Å². The minimum Gasteiger partial charge on any atom is -0.265 e. The Morgan fingerprint density at radius 1 is 0.128 bits per heavy atom. The molecule has 696 valence electrons. The summed E-state index contributed by atoms with van der Waals surface area (Å²) >= 11 is 7.31. The maximum Gasteiger partial charge on any atom is 0.161 e. The largest absolute Gasteiger partial charge is 0.265 e. The molecule has 28 rings (SSSR count). The standard InChI is InChI=1S/4C33H21N3S/c1-2-10-22(11-3-1)29-21-30(23-17-18-32-27(20-23)25-13-6-7-16-31(25)37-32)36-33(35-29)26-14-5-4-12-24(26)28-15-8-9-19-34-28;1-2-8-22(9-3-1)29-21-30(25-17-18-32-27(20-25)26-10-4-5-12-31(26)37-32)36-33(35-29)24-15-13-23(14-16-24)28-11-6-7-19-34-28;1-2-8-23(9-3-1)29-21-30(24-14-15-32-28(20-24)26-11-6-7-13-31(26)37-32)36-33(35-29)27-12-5-4-10-25(27)22-16-18-34-19-17-22;1-2-7-23(8-3-1)29-20-30(25-16-17-32-28(19-25)27-10-4-5-11-31(27)37-32)36-33(35-29)24-14-12-22(13-15-24)26-9-6-18-34-21-26/h4*1-21H. The maximum atomic E-state index is 5.13. The fourth-order valence-corrected chi connectivity index (χ4v) is 23.3. The molecule has 16 heteroatoms. The predicted molar refractivity (Wildman–Crippen MR) is 618 cm³/mol. The maximum absolute atomic E-state index is 5.13. The van der Waals surface area contributed by atoms with E-state index in [0.717, 1.165) is 157 Å². The van der Waals surface area contributed by atoms with E-state index in [-0.39, 0.29) is 0 Å². The first-order chi connectivity index (χ1) is 73.3. The van der Waals surface area contributed by atoms with Gasteiger partial charge in [0.25, 0.3) is 0 Å². The molecule has 0 fully saturated rings. The van der Waals surface area contributed by atoms with Crippen LogP contribution in [-0.4, -0.2) is 59.8 Å². The Balaban J connectivity index is 0.000000103. The summed E-state index contributed by atoms with van der Waals surface area (Å²) < 4.78 is 10.3. The number of nitrogens with zero attached hydrogens (tertiary/aromatic N) is 12. The summed E-state index contributed by atoms with van der Waals surface area (Å²) in [5.74, 6) is 2.82. The Morgan fingerprint density at radius 3 is 0.750 bits per heavy atom. The normalized spacial score (nSPS) is 11.2. The number of hydrogen-bond donors (Lipinski definition) is 0. The average molecular weight is 1970 g/mol. The van der Waals surface area contributed by atoms with E-state index >= 15 is 0 Å². The predicted octanol–water partition coefficient (Wildman–Crippen LogP) is 35.6. The highest BCUT2D eigenvalue weighted by molar-refractivity contribution is 7.27. The molecule has 0 aliphatic heterocycles. The molecule has 0 radical (unpaired) electrons. The van der Waals surface area contributed by atoms with Gasteiger partial charge < -0.3 is 0 Å². The number of aromatic nitrogens is 12. The lowest BCUT2D eigenvalue weighted by atomic mass is 9.99. The van der Waals surface area contributed by atoms with Gasteiger partial charge in [-0.2, -0.15) is 0 Å². The Bertz CT molecular complexity index is 9140. The second kappa shape index (κ2) is 41.0. The minimum absolute atomic E-state index is 0.688. The van der Waals surface area contributed by atoms with Gasteiger partial charge in [0.15, 0.2) is 23.3 Å². The molecule has 0 unspecified atom stereocenters. The van der Waals surface area contributed by atoms with Gasteiger partial charge in [0, 0.05) is 196 Å². The first-order valence-corrected chi connectivity index (χ1v) is 52.0. The van der Waals surface area contributed by atoms with Crippen molar-refractivity contribution in [3.63, 3.8) is 0 Å². The molecule has 0 atom stereocenters. The van der Waals surface area contributed by atoms with Crippen LogP contribution in [0.1, 0.15) is 0 Å². The lowest BCUT2D eigenvalue weighted by molar-refractivity contribution is 1.18. The van der Waals surface area contributed by atoms with Gasteiger partial charge in [-0.15, -0.1) is 45.3 Å². The molecule has 28 aromatic rings. The van der Waals surface area contributed by atoms with E-state index in [1.807, 2.05) is 222 Å². The third-order valence-electron chi connectivity index (χ3n) is 26.4. The zero-order valence-electron chi connectivity index (χ0n) is 79.5. The summed E-state index contributed by atoms with van der Waals surface area (Å²) in [7, 11) is 0. The molecule has 0 saturated carbocycles. The lowest BCUT2D eigenvalue weighted by Crippen LogP contribution is -1.97. The molecule has 0 aliphatic carbocycles. The summed E-state index contributed by atoms with van der Waals surface area (Å²) in [6, 6.07) is 164. The van der Waals surface area contributed by atoms with Crippen LogP contribution in [0.5, 0.6) is 0 Å². The van der Waals surface area contributed by atoms with Gasteiger partial charge in [0.1, 0.15) is 0 Å². The van der Waals surface area contributed by atoms with E-state index in [0.29, 0.717) is 23.3 Å². The Kier molecular flexibility index (Phi) is 25.1. The molecule has 0 aliphatic rings. The third-order valence-corrected chi connectivity index (χ3v) is 31.0. The summed E-state index contributed by atoms with van der Waals surface area (Å²) in [6.45, 7) is 0. The first kappa shape index (κ1) is 90.6. The van der Waals surface area contributed by atoms with Gasteiger partial charge in [-0.05, 0) is 162 Å². The molecule has 12 nitrogen and oxygen atoms in total. The molecular formula is C132H84N12S4. The third kappa shape index (κ3) is 19.0. The highest BCUT2D eigenvalue weighted by Gasteiger charge is 2.23. The fourth-order valence-electron chi connectivity index (χ4n) is 19.0. The molecule has 0 N–H and O–H groups in total. The van der Waals surface area contributed by atoms with Crippen LogP contribution in [0.15, 0.2) is 510 Å². The van der Waals surface area contributed by atoms with E-state index < -0.39 is 0 Å². The summed E-state index contributed by atoms with van der Waals surface area (Å²) in [4.78, 5) is 57.9. The van der Waals surface area contributed by atoms with Crippen molar-refractivity contribution in [1.29, 1.82) is 0 Å². The van der Waals surface area contributed by atoms with Crippen molar-refractivity contribution >= 4 is 126 Å². The van der Waals surface area contributed by atoms with Crippen LogP contribution in [0.25, 0.3) is 261 Å². The quantitative estimate of drug-likeness (QED) is 0.0904. The van der Waals surface area contributed by atoms with Gasteiger partial charge >= 0.3 is 0 Å². The highest BCUT2D eigenvalue weighted by atomic mass is 32.1. The van der Waals surface area contributed by atoms with Crippen molar-refractivity contribution in [2.75, 3.05) is 0 Å². The second-order valence-electron chi connectivity index (χ2n) is 35.7. The van der Waals surface area contributed by atoms with Gasteiger partial charge in [-0.1, -0.05) is 334 Å². The number of benzene rings is 16. The van der Waals surface area contributed by atoms with Crippen molar-refractivity contribution in [3.05, 3.63) is 510 Å². The van der Waals surface area contributed by atoms with Crippen LogP contribution < -0.4 is 0 Å². The molecule has 0 bridgehead atoms.